The normalized spacial score (nSPS) is 13.2. The third-order valence-electron chi connectivity index (χ3n) is 4.71. The molecule has 1 aromatic heterocycles. The lowest BCUT2D eigenvalue weighted by Crippen LogP contribution is -2.07. The van der Waals surface area contributed by atoms with Crippen LogP contribution < -0.4 is 10.1 Å². The van der Waals surface area contributed by atoms with Crippen molar-refractivity contribution in [2.75, 3.05) is 19.0 Å². The SMILES string of the molecule is COc1cccc(-c2nn(-c3ccc(C#N)cc3)c3c2CCCCN3)c1. The molecule has 0 spiro atoms. The highest BCUT2D eigenvalue weighted by molar-refractivity contribution is 5.72. The summed E-state index contributed by atoms with van der Waals surface area (Å²) >= 11 is 0. The quantitative estimate of drug-likeness (QED) is 0.775. The zero-order valence-electron chi connectivity index (χ0n) is 14.7. The van der Waals surface area contributed by atoms with Crippen LogP contribution in [-0.2, 0) is 6.42 Å². The van der Waals surface area contributed by atoms with Gasteiger partial charge in [-0.2, -0.15) is 10.4 Å². The number of benzene rings is 2. The van der Waals surface area contributed by atoms with Crippen LogP contribution in [0.1, 0.15) is 24.0 Å². The summed E-state index contributed by atoms with van der Waals surface area (Å²) in [5, 5.41) is 17.5. The van der Waals surface area contributed by atoms with Gasteiger partial charge in [-0.1, -0.05) is 12.1 Å². The second kappa shape index (κ2) is 6.93. The van der Waals surface area contributed by atoms with E-state index in [-0.39, 0.29) is 0 Å². The van der Waals surface area contributed by atoms with E-state index in [1.54, 1.807) is 7.11 Å². The summed E-state index contributed by atoms with van der Waals surface area (Å²) < 4.78 is 7.34. The molecule has 0 unspecified atom stereocenters. The molecule has 0 radical (unpaired) electrons. The summed E-state index contributed by atoms with van der Waals surface area (Å²) in [5.74, 6) is 1.87. The van der Waals surface area contributed by atoms with Crippen LogP contribution in [0.5, 0.6) is 5.75 Å². The van der Waals surface area contributed by atoms with Gasteiger partial charge in [0, 0.05) is 17.7 Å². The van der Waals surface area contributed by atoms with Crippen molar-refractivity contribution >= 4 is 5.82 Å². The summed E-state index contributed by atoms with van der Waals surface area (Å²) in [7, 11) is 1.68. The van der Waals surface area contributed by atoms with Crippen LogP contribution in [0.25, 0.3) is 16.9 Å². The average molecular weight is 344 g/mol. The van der Waals surface area contributed by atoms with Gasteiger partial charge in [-0.25, -0.2) is 4.68 Å². The van der Waals surface area contributed by atoms with E-state index in [1.807, 2.05) is 47.1 Å². The Bertz CT molecular complexity index is 967. The molecule has 2 heterocycles. The number of rotatable bonds is 3. The van der Waals surface area contributed by atoms with Crippen LogP contribution in [0.15, 0.2) is 48.5 Å². The molecule has 1 aliphatic rings. The Morgan fingerprint density at radius 2 is 2.00 bits per heavy atom. The minimum Gasteiger partial charge on any atom is -0.497 e. The molecule has 0 aliphatic carbocycles. The first-order valence-corrected chi connectivity index (χ1v) is 8.81. The van der Waals surface area contributed by atoms with Gasteiger partial charge in [-0.3, -0.25) is 0 Å². The van der Waals surface area contributed by atoms with Crippen molar-refractivity contribution in [3.05, 3.63) is 59.7 Å². The Kier molecular flexibility index (Phi) is 4.32. The van der Waals surface area contributed by atoms with Crippen LogP contribution in [0.4, 0.5) is 5.82 Å². The minimum absolute atomic E-state index is 0.646. The minimum atomic E-state index is 0.646. The zero-order chi connectivity index (χ0) is 17.9. The van der Waals surface area contributed by atoms with Gasteiger partial charge in [-0.15, -0.1) is 0 Å². The predicted octanol–water partition coefficient (Wildman–Crippen LogP) is 4.17. The van der Waals surface area contributed by atoms with E-state index in [1.165, 1.54) is 5.56 Å². The second-order valence-electron chi connectivity index (χ2n) is 6.36. The van der Waals surface area contributed by atoms with Crippen molar-refractivity contribution in [1.82, 2.24) is 9.78 Å². The molecule has 130 valence electrons. The van der Waals surface area contributed by atoms with Crippen molar-refractivity contribution in [2.24, 2.45) is 0 Å². The van der Waals surface area contributed by atoms with E-state index < -0.39 is 0 Å². The summed E-state index contributed by atoms with van der Waals surface area (Å²) in [6.07, 6.45) is 3.26. The van der Waals surface area contributed by atoms with Crippen molar-refractivity contribution in [3.8, 4) is 28.8 Å². The van der Waals surface area contributed by atoms with Gasteiger partial charge in [0.1, 0.15) is 11.6 Å². The summed E-state index contributed by atoms with van der Waals surface area (Å²) in [6, 6.07) is 17.7. The van der Waals surface area contributed by atoms with E-state index >= 15 is 0 Å². The third kappa shape index (κ3) is 2.91. The first-order chi connectivity index (χ1) is 12.8. The third-order valence-corrected chi connectivity index (χ3v) is 4.71. The largest absolute Gasteiger partial charge is 0.497 e. The van der Waals surface area contributed by atoms with Crippen LogP contribution >= 0.6 is 0 Å². The predicted molar refractivity (Wildman–Crippen MR) is 102 cm³/mol. The number of hydrogen-bond acceptors (Lipinski definition) is 4. The Balaban J connectivity index is 1.87. The molecule has 5 nitrogen and oxygen atoms in total. The number of nitriles is 1. The molecule has 0 amide bonds. The van der Waals surface area contributed by atoms with Crippen molar-refractivity contribution in [1.29, 1.82) is 5.26 Å². The lowest BCUT2D eigenvalue weighted by molar-refractivity contribution is 0.415. The maximum atomic E-state index is 9.03. The Hall–Kier alpha value is -3.26. The van der Waals surface area contributed by atoms with E-state index in [9.17, 15) is 0 Å². The van der Waals surface area contributed by atoms with Gasteiger partial charge < -0.3 is 10.1 Å². The topological polar surface area (TPSA) is 62.9 Å². The maximum absolute atomic E-state index is 9.03. The summed E-state index contributed by atoms with van der Waals surface area (Å²) in [5.41, 5.74) is 4.87. The average Bonchev–Trinajstić information content (AvgIpc) is 2.89. The monoisotopic (exact) mass is 344 g/mol. The van der Waals surface area contributed by atoms with E-state index in [0.717, 1.165) is 54.3 Å². The van der Waals surface area contributed by atoms with Gasteiger partial charge in [0.2, 0.25) is 0 Å². The molecular formula is C21H20N4O. The number of nitrogens with zero attached hydrogens (tertiary/aromatic N) is 3. The smallest absolute Gasteiger partial charge is 0.133 e. The first kappa shape index (κ1) is 16.2. The second-order valence-corrected chi connectivity index (χ2v) is 6.36. The highest BCUT2D eigenvalue weighted by Gasteiger charge is 2.21. The number of methoxy groups -OCH3 is 1. The van der Waals surface area contributed by atoms with Crippen LogP contribution in [-0.4, -0.2) is 23.4 Å². The Labute approximate surface area is 152 Å². The fourth-order valence-electron chi connectivity index (χ4n) is 3.37. The van der Waals surface area contributed by atoms with Crippen molar-refractivity contribution < 1.29 is 4.74 Å². The van der Waals surface area contributed by atoms with Gasteiger partial charge >= 0.3 is 0 Å². The number of aromatic nitrogens is 2. The number of anilines is 1. The van der Waals surface area contributed by atoms with Gasteiger partial charge in [0.25, 0.3) is 0 Å². The highest BCUT2D eigenvalue weighted by atomic mass is 16.5. The fourth-order valence-corrected chi connectivity index (χ4v) is 3.37. The molecule has 4 rings (SSSR count). The molecule has 26 heavy (non-hydrogen) atoms. The van der Waals surface area contributed by atoms with Crippen LogP contribution in [0.2, 0.25) is 0 Å². The number of ether oxygens (including phenoxy) is 1. The van der Waals surface area contributed by atoms with Crippen LogP contribution in [0.3, 0.4) is 0 Å². The molecule has 0 saturated heterocycles. The lowest BCUT2D eigenvalue weighted by Gasteiger charge is -2.09. The molecule has 0 atom stereocenters. The number of fused-ring (bicyclic) bond motifs is 1. The van der Waals surface area contributed by atoms with Gasteiger partial charge in [-0.05, 0) is 55.7 Å². The van der Waals surface area contributed by atoms with E-state index in [2.05, 4.69) is 17.5 Å². The molecule has 1 aliphatic heterocycles. The van der Waals surface area contributed by atoms with Gasteiger partial charge in [0.15, 0.2) is 0 Å². The number of hydrogen-bond donors (Lipinski definition) is 1. The van der Waals surface area contributed by atoms with E-state index in [0.29, 0.717) is 5.56 Å². The first-order valence-electron chi connectivity index (χ1n) is 8.81. The highest BCUT2D eigenvalue weighted by Crippen LogP contribution is 2.35. The molecule has 0 fully saturated rings. The zero-order valence-corrected chi connectivity index (χ0v) is 14.7. The molecule has 0 bridgehead atoms. The summed E-state index contributed by atoms with van der Waals surface area (Å²) in [6.45, 7) is 0.937. The Morgan fingerprint density at radius 1 is 1.15 bits per heavy atom. The van der Waals surface area contributed by atoms with E-state index in [4.69, 9.17) is 15.1 Å². The molecule has 3 aromatic rings. The van der Waals surface area contributed by atoms with Gasteiger partial charge in [0.05, 0.1) is 30.1 Å². The Morgan fingerprint density at radius 3 is 2.77 bits per heavy atom. The molecule has 2 aromatic carbocycles. The van der Waals surface area contributed by atoms with Crippen molar-refractivity contribution in [3.63, 3.8) is 0 Å². The number of nitrogens with one attached hydrogen (secondary N) is 1. The van der Waals surface area contributed by atoms with Crippen molar-refractivity contribution in [2.45, 2.75) is 19.3 Å². The fraction of sp³-hybridized carbons (Fsp3) is 0.238. The molecule has 1 N–H and O–H groups in total. The van der Waals surface area contributed by atoms with Crippen LogP contribution in [0, 0.1) is 11.3 Å². The lowest BCUT2D eigenvalue weighted by atomic mass is 10.0. The molecule has 0 saturated carbocycles. The standard InChI is InChI=1S/C21H20N4O/c1-26-18-6-4-5-16(13-18)20-19-7-2-3-12-23-21(19)25(24-20)17-10-8-15(14-22)9-11-17/h4-6,8-11,13,23H,2-3,7,12H2,1H3. The molecule has 5 heteroatoms. The maximum Gasteiger partial charge on any atom is 0.133 e. The summed E-state index contributed by atoms with van der Waals surface area (Å²) in [4.78, 5) is 0. The molecular weight excluding hydrogens is 324 g/mol.